The Labute approximate surface area is 139 Å². The van der Waals surface area contributed by atoms with Gasteiger partial charge in [-0.05, 0) is 0 Å². The fourth-order valence-corrected chi connectivity index (χ4v) is 9.28. The molecule has 4 unspecified atom stereocenters. The van der Waals surface area contributed by atoms with Crippen molar-refractivity contribution >= 4 is 0 Å². The molecule has 0 aromatic rings. The SMILES string of the molecule is C1=CC2CC[CH]([Zr+2][CH]3CCC4C=CC=C43)C2=C1.[Cl-].[Cl-]. The molecule has 0 amide bonds. The molecule has 3 heteroatoms. The van der Waals surface area contributed by atoms with Crippen LogP contribution in [0.4, 0.5) is 0 Å². The van der Waals surface area contributed by atoms with Crippen molar-refractivity contribution in [2.75, 3.05) is 0 Å². The summed E-state index contributed by atoms with van der Waals surface area (Å²) in [5, 5.41) is 0. The van der Waals surface area contributed by atoms with E-state index in [4.69, 9.17) is 0 Å². The Kier molecular flexibility index (Phi) is 5.37. The molecular weight excluding hydrogens is 354 g/mol. The van der Waals surface area contributed by atoms with Gasteiger partial charge >= 0.3 is 116 Å². The van der Waals surface area contributed by atoms with Gasteiger partial charge in [-0.25, -0.2) is 0 Å². The minimum atomic E-state index is -0.261. The zero-order valence-corrected chi connectivity index (χ0v) is 14.8. The van der Waals surface area contributed by atoms with Crippen LogP contribution in [0.3, 0.4) is 0 Å². The Morgan fingerprint density at radius 3 is 1.68 bits per heavy atom. The van der Waals surface area contributed by atoms with E-state index in [0.717, 1.165) is 19.1 Å². The molecule has 0 radical (unpaired) electrons. The van der Waals surface area contributed by atoms with Crippen molar-refractivity contribution in [3.63, 3.8) is 0 Å². The van der Waals surface area contributed by atoms with Crippen LogP contribution in [0.5, 0.6) is 0 Å². The Morgan fingerprint density at radius 2 is 1.21 bits per heavy atom. The summed E-state index contributed by atoms with van der Waals surface area (Å²) in [4.78, 5) is 0. The van der Waals surface area contributed by atoms with Gasteiger partial charge in [0.2, 0.25) is 0 Å². The van der Waals surface area contributed by atoms with Gasteiger partial charge in [-0.15, -0.1) is 0 Å². The summed E-state index contributed by atoms with van der Waals surface area (Å²) in [6.45, 7) is 0. The smallest absolute Gasteiger partial charge is 1.00 e. The molecule has 0 saturated heterocycles. The van der Waals surface area contributed by atoms with E-state index < -0.39 is 0 Å². The summed E-state index contributed by atoms with van der Waals surface area (Å²) in [6.07, 6.45) is 20.3. The van der Waals surface area contributed by atoms with Crippen LogP contribution in [0.1, 0.15) is 25.7 Å². The van der Waals surface area contributed by atoms with Crippen LogP contribution in [0.15, 0.2) is 47.6 Å². The second-order valence-corrected chi connectivity index (χ2v) is 9.99. The summed E-state index contributed by atoms with van der Waals surface area (Å²) >= 11 is -0.261. The number of rotatable bonds is 2. The summed E-state index contributed by atoms with van der Waals surface area (Å²) in [7, 11) is 0. The second kappa shape index (κ2) is 6.46. The van der Waals surface area contributed by atoms with E-state index >= 15 is 0 Å². The van der Waals surface area contributed by atoms with Gasteiger partial charge in [-0.1, -0.05) is 0 Å². The number of hydrogen-bond acceptors (Lipinski definition) is 0. The van der Waals surface area contributed by atoms with Gasteiger partial charge in [-0.3, -0.25) is 0 Å². The molecule has 2 saturated carbocycles. The maximum atomic E-state index is 2.44. The van der Waals surface area contributed by atoms with Crippen LogP contribution in [-0.4, -0.2) is 0 Å². The van der Waals surface area contributed by atoms with Gasteiger partial charge in [-0.2, -0.15) is 0 Å². The zero-order valence-electron chi connectivity index (χ0n) is 10.9. The first-order valence-electron chi connectivity index (χ1n) is 6.94. The summed E-state index contributed by atoms with van der Waals surface area (Å²) in [5.74, 6) is 1.71. The van der Waals surface area contributed by atoms with Crippen LogP contribution in [-0.2, 0) is 23.2 Å². The van der Waals surface area contributed by atoms with Crippen molar-refractivity contribution in [3.05, 3.63) is 47.6 Å². The molecule has 4 atom stereocenters. The Morgan fingerprint density at radius 1 is 0.737 bits per heavy atom. The number of halogens is 2. The monoisotopic (exact) mass is 370 g/mol. The first kappa shape index (κ1) is 15.8. The molecule has 4 aliphatic carbocycles. The fourth-order valence-electron chi connectivity index (χ4n) is 3.97. The average molecular weight is 372 g/mol. The van der Waals surface area contributed by atoms with E-state index in [1.165, 1.54) is 25.7 Å². The van der Waals surface area contributed by atoms with Crippen LogP contribution in [0.2, 0.25) is 7.25 Å². The predicted molar refractivity (Wildman–Crippen MR) is 67.4 cm³/mol. The van der Waals surface area contributed by atoms with Crippen molar-refractivity contribution < 1.29 is 48.0 Å². The van der Waals surface area contributed by atoms with Crippen LogP contribution in [0.25, 0.3) is 0 Å². The van der Waals surface area contributed by atoms with Gasteiger partial charge in [0.25, 0.3) is 0 Å². The van der Waals surface area contributed by atoms with Gasteiger partial charge in [0.1, 0.15) is 0 Å². The van der Waals surface area contributed by atoms with Gasteiger partial charge < -0.3 is 24.8 Å². The molecule has 4 rings (SSSR count). The first-order chi connectivity index (χ1) is 8.42. The third kappa shape index (κ3) is 2.76. The van der Waals surface area contributed by atoms with E-state index in [2.05, 4.69) is 36.5 Å². The minimum absolute atomic E-state index is 0. The maximum absolute atomic E-state index is 2.44. The molecule has 19 heavy (non-hydrogen) atoms. The first-order valence-corrected chi connectivity index (χ1v) is 9.78. The molecule has 0 heterocycles. The normalized spacial score (nSPS) is 36.8. The molecule has 0 aliphatic heterocycles. The summed E-state index contributed by atoms with van der Waals surface area (Å²) < 4.78 is 2.12. The van der Waals surface area contributed by atoms with Crippen LogP contribution >= 0.6 is 0 Å². The Balaban J connectivity index is 0.000000667. The summed E-state index contributed by atoms with van der Waals surface area (Å²) in [6, 6.07) is 0. The standard InChI is InChI=1S/2C8H9.2ClH.Zr/c2*1-3-7-5-2-6-8(7)4-1;;;/h2*1,3-5,8H,2,6H2;2*1H;/q;;;;+2/p-2. The van der Waals surface area contributed by atoms with Gasteiger partial charge in [0, 0.05) is 0 Å². The van der Waals surface area contributed by atoms with E-state index in [-0.39, 0.29) is 48.0 Å². The maximum Gasteiger partial charge on any atom is -1.00 e. The number of fused-ring (bicyclic) bond motifs is 2. The van der Waals surface area contributed by atoms with Crippen molar-refractivity contribution in [1.29, 1.82) is 0 Å². The van der Waals surface area contributed by atoms with Crippen molar-refractivity contribution in [2.24, 2.45) is 11.8 Å². The topological polar surface area (TPSA) is 0 Å². The van der Waals surface area contributed by atoms with E-state index in [0.29, 0.717) is 0 Å². The molecule has 0 nitrogen and oxygen atoms in total. The van der Waals surface area contributed by atoms with Crippen LogP contribution in [0, 0.1) is 11.8 Å². The fraction of sp³-hybridized carbons (Fsp3) is 0.500. The Hall–Kier alpha value is 0.423. The molecule has 100 valence electrons. The van der Waals surface area contributed by atoms with Crippen molar-refractivity contribution in [1.82, 2.24) is 0 Å². The van der Waals surface area contributed by atoms with E-state index in [9.17, 15) is 0 Å². The molecule has 0 bridgehead atoms. The molecule has 0 spiro atoms. The Bertz CT molecular complexity index is 419. The number of hydrogen-bond donors (Lipinski definition) is 0. The third-order valence-corrected chi connectivity index (χ3v) is 9.90. The third-order valence-electron chi connectivity index (χ3n) is 4.86. The van der Waals surface area contributed by atoms with Crippen LogP contribution < -0.4 is 24.8 Å². The molecule has 0 aromatic heterocycles. The molecule has 0 N–H and O–H groups in total. The number of allylic oxidation sites excluding steroid dienone is 8. The predicted octanol–water partition coefficient (Wildman–Crippen LogP) is -1.53. The average Bonchev–Trinajstić information content (AvgIpc) is 3.03. The van der Waals surface area contributed by atoms with E-state index in [1.807, 2.05) is 11.1 Å². The quantitative estimate of drug-likeness (QED) is 0.552. The zero-order chi connectivity index (χ0) is 11.2. The van der Waals surface area contributed by atoms with Gasteiger partial charge in [0.05, 0.1) is 0 Å². The van der Waals surface area contributed by atoms with Gasteiger partial charge in [0.15, 0.2) is 0 Å². The second-order valence-electron chi connectivity index (χ2n) is 5.74. The molecular formula is C16H18Cl2Zr. The minimum Gasteiger partial charge on any atom is -1.00 e. The van der Waals surface area contributed by atoms with Crippen molar-refractivity contribution in [3.8, 4) is 0 Å². The largest absolute Gasteiger partial charge is 1.00 e. The molecule has 4 aliphatic rings. The van der Waals surface area contributed by atoms with E-state index in [1.54, 1.807) is 0 Å². The molecule has 0 aromatic carbocycles. The van der Waals surface area contributed by atoms with Crippen molar-refractivity contribution in [2.45, 2.75) is 32.9 Å². The molecule has 2 fully saturated rings. The summed E-state index contributed by atoms with van der Waals surface area (Å²) in [5.41, 5.74) is 3.65.